The highest BCUT2D eigenvalue weighted by molar-refractivity contribution is 7.81. The van der Waals surface area contributed by atoms with Crippen LogP contribution in [0.25, 0.3) is 0 Å². The third-order valence-corrected chi connectivity index (χ3v) is 13.5. The van der Waals surface area contributed by atoms with E-state index in [1.807, 2.05) is 20.8 Å². The summed E-state index contributed by atoms with van der Waals surface area (Å²) in [5.74, 6) is -2.42. The van der Waals surface area contributed by atoms with Crippen LogP contribution in [0.4, 0.5) is 4.79 Å². The van der Waals surface area contributed by atoms with Gasteiger partial charge in [-0.3, -0.25) is 19.2 Å². The molecule has 3 aliphatic carbocycles. The minimum absolute atomic E-state index is 0.0634. The number of carbonyl (C=O) groups is 5. The van der Waals surface area contributed by atoms with Crippen LogP contribution in [0.5, 0.6) is 0 Å². The van der Waals surface area contributed by atoms with E-state index in [2.05, 4.69) is 36.7 Å². The zero-order valence-corrected chi connectivity index (χ0v) is 31.9. The van der Waals surface area contributed by atoms with Crippen LogP contribution in [-0.4, -0.2) is 93.5 Å². The number of hydrogen-bond acceptors (Lipinski definition) is 6. The molecule has 0 aromatic heterocycles. The highest BCUT2D eigenvalue weighted by Gasteiger charge is 2.58. The number of Topliss-reactive ketones (excluding diaryl/α,β-unsaturated/α-hetero) is 1. The second-order valence-corrected chi connectivity index (χ2v) is 18.9. The predicted octanol–water partition coefficient (Wildman–Crippen LogP) is 3.26. The molecular weight excluding hydrogens is 644 g/mol. The van der Waals surface area contributed by atoms with E-state index in [0.717, 1.165) is 64.2 Å². The van der Waals surface area contributed by atoms with Crippen LogP contribution in [0.2, 0.25) is 0 Å². The van der Waals surface area contributed by atoms with Gasteiger partial charge in [0.2, 0.25) is 17.6 Å². The number of likely N-dealkylation sites (N-methyl/N-ethyl adjacent to an activating group) is 1. The first-order chi connectivity index (χ1) is 22.7. The Bertz CT molecular complexity index is 1290. The molecule has 0 aromatic carbocycles. The molecule has 0 aromatic rings. The van der Waals surface area contributed by atoms with E-state index >= 15 is 0 Å². The molecule has 1 heterocycles. The quantitative estimate of drug-likeness (QED) is 0.214. The normalized spacial score (nSPS) is 27.3. The predicted molar refractivity (Wildman–Crippen MR) is 190 cm³/mol. The number of rotatable bonds is 13. The van der Waals surface area contributed by atoms with Crippen LogP contribution in [0.3, 0.4) is 0 Å². The van der Waals surface area contributed by atoms with E-state index in [-0.39, 0.29) is 40.5 Å². The SMILES string of the molecule is CN(C[C@@H](NC(=O)N[C@H](C(=O)N1C[C@H]2[C@H](CCC2(C)C)[C@H]1C(=O)NC(CC1CCC1)C(=O)C(N)=O)C1(C)CCCCC1)C(C)(C)C)S(C)=O. The number of carbonyl (C=O) groups excluding carboxylic acids is 5. The number of nitrogens with two attached hydrogens (primary N) is 1. The first kappa shape index (κ1) is 39.2. The summed E-state index contributed by atoms with van der Waals surface area (Å²) in [6.45, 7) is 13.2. The minimum atomic E-state index is -1.22. The maximum absolute atomic E-state index is 15.0. The van der Waals surface area contributed by atoms with Gasteiger partial charge in [-0.1, -0.05) is 80.1 Å². The monoisotopic (exact) mass is 706 g/mol. The Morgan fingerprint density at radius 2 is 1.57 bits per heavy atom. The molecule has 13 heteroatoms. The summed E-state index contributed by atoms with van der Waals surface area (Å²) in [6.07, 6.45) is 11.0. The Kier molecular flexibility index (Phi) is 12.3. The average molecular weight is 707 g/mol. The Morgan fingerprint density at radius 3 is 2.10 bits per heavy atom. The standard InChI is InChI=1S/C36H62N6O6S/c1-34(2,3)26(21-41(7)49(8)48)39-33(47)40-29(36(6)16-10-9-11-17-36)32(46)42-20-24-23(15-18-35(24,4)5)27(42)31(45)38-25(28(43)30(37)44)19-22-13-12-14-22/h22-27,29H,9-21H2,1-8H3,(H2,37,44)(H,38,45)(H2,39,40,47)/t23-,24-,25?,26+,27-,29+,49?/m0/s1. The number of nitrogens with one attached hydrogen (secondary N) is 3. The number of fused-ring (bicyclic) bond motifs is 1. The molecule has 4 rings (SSSR count). The molecule has 5 amide bonds. The molecule has 7 atom stereocenters. The van der Waals surface area contributed by atoms with E-state index in [0.29, 0.717) is 19.5 Å². The number of urea groups is 1. The van der Waals surface area contributed by atoms with Crippen molar-refractivity contribution in [3.8, 4) is 0 Å². The maximum Gasteiger partial charge on any atom is 0.315 e. The lowest BCUT2D eigenvalue weighted by Gasteiger charge is -2.43. The van der Waals surface area contributed by atoms with Crippen molar-refractivity contribution in [1.82, 2.24) is 25.2 Å². The van der Waals surface area contributed by atoms with Crippen LogP contribution < -0.4 is 21.7 Å². The van der Waals surface area contributed by atoms with Gasteiger partial charge in [0, 0.05) is 25.4 Å². The highest BCUT2D eigenvalue weighted by atomic mass is 32.2. The van der Waals surface area contributed by atoms with Crippen molar-refractivity contribution in [3.05, 3.63) is 0 Å². The van der Waals surface area contributed by atoms with E-state index in [1.54, 1.807) is 22.5 Å². The largest absolute Gasteiger partial charge is 0.363 e. The number of ketones is 1. The number of amides is 5. The Morgan fingerprint density at radius 1 is 0.939 bits per heavy atom. The Balaban J connectivity index is 1.64. The van der Waals surface area contributed by atoms with Crippen molar-refractivity contribution in [3.63, 3.8) is 0 Å². The van der Waals surface area contributed by atoms with Crippen molar-refractivity contribution < 1.29 is 28.2 Å². The van der Waals surface area contributed by atoms with Gasteiger partial charge >= 0.3 is 6.03 Å². The molecule has 3 saturated carbocycles. The first-order valence-electron chi connectivity index (χ1n) is 18.3. The van der Waals surface area contributed by atoms with Crippen LogP contribution in [-0.2, 0) is 30.2 Å². The van der Waals surface area contributed by atoms with Crippen LogP contribution >= 0.6 is 0 Å². The molecule has 5 N–H and O–H groups in total. The molecular formula is C36H62N6O6S. The topological polar surface area (TPSA) is 171 Å². The van der Waals surface area contributed by atoms with Crippen molar-refractivity contribution in [2.24, 2.45) is 39.7 Å². The second-order valence-electron chi connectivity index (χ2n) is 17.5. The average Bonchev–Trinajstić information content (AvgIpc) is 3.52. The lowest BCUT2D eigenvalue weighted by molar-refractivity contribution is -0.145. The zero-order valence-electron chi connectivity index (χ0n) is 31.1. The third kappa shape index (κ3) is 9.04. The Hall–Kier alpha value is -2.54. The Labute approximate surface area is 295 Å². The van der Waals surface area contributed by atoms with Crippen molar-refractivity contribution in [1.29, 1.82) is 0 Å². The van der Waals surface area contributed by atoms with E-state index in [4.69, 9.17) is 5.73 Å². The van der Waals surface area contributed by atoms with Crippen molar-refractivity contribution in [2.75, 3.05) is 26.4 Å². The summed E-state index contributed by atoms with van der Waals surface area (Å²) in [5.41, 5.74) is 4.42. The number of nitrogens with zero attached hydrogens (tertiary/aromatic N) is 2. The lowest BCUT2D eigenvalue weighted by Crippen LogP contribution is -2.63. The highest BCUT2D eigenvalue weighted by Crippen LogP contribution is 2.53. The van der Waals surface area contributed by atoms with Crippen LogP contribution in [0, 0.1) is 34.0 Å². The van der Waals surface area contributed by atoms with Crippen LogP contribution in [0.1, 0.15) is 112 Å². The van der Waals surface area contributed by atoms with Gasteiger partial charge in [-0.25, -0.2) is 13.3 Å². The number of likely N-dealkylation sites (tertiary alicyclic amines) is 1. The van der Waals surface area contributed by atoms with Crippen molar-refractivity contribution >= 4 is 40.5 Å². The van der Waals surface area contributed by atoms with Gasteiger partial charge in [0.15, 0.2) is 0 Å². The molecule has 1 saturated heterocycles. The molecule has 4 fully saturated rings. The molecule has 4 aliphatic rings. The minimum Gasteiger partial charge on any atom is -0.363 e. The fourth-order valence-electron chi connectivity index (χ4n) is 8.68. The van der Waals surface area contributed by atoms with E-state index in [9.17, 15) is 28.2 Å². The van der Waals surface area contributed by atoms with Gasteiger partial charge in [0.1, 0.15) is 12.1 Å². The smallest absolute Gasteiger partial charge is 0.315 e. The zero-order chi connectivity index (χ0) is 36.5. The van der Waals surface area contributed by atoms with Crippen LogP contribution in [0.15, 0.2) is 0 Å². The molecule has 2 unspecified atom stereocenters. The van der Waals surface area contributed by atoms with E-state index < -0.39 is 58.2 Å². The molecule has 0 bridgehead atoms. The lowest BCUT2D eigenvalue weighted by atomic mass is 9.70. The van der Waals surface area contributed by atoms with Gasteiger partial charge in [0.25, 0.3) is 5.91 Å². The third-order valence-electron chi connectivity index (χ3n) is 12.4. The second kappa shape index (κ2) is 15.4. The van der Waals surface area contributed by atoms with Gasteiger partial charge < -0.3 is 26.6 Å². The van der Waals surface area contributed by atoms with Gasteiger partial charge in [-0.2, -0.15) is 0 Å². The number of hydrogen-bond donors (Lipinski definition) is 4. The molecule has 12 nitrogen and oxygen atoms in total. The summed E-state index contributed by atoms with van der Waals surface area (Å²) in [6, 6.07) is -3.59. The van der Waals surface area contributed by atoms with Crippen molar-refractivity contribution in [2.45, 2.75) is 136 Å². The fraction of sp³-hybridized carbons (Fsp3) is 0.861. The summed E-state index contributed by atoms with van der Waals surface area (Å²) in [4.78, 5) is 69.7. The summed E-state index contributed by atoms with van der Waals surface area (Å²) in [7, 11) is 0.521. The summed E-state index contributed by atoms with van der Waals surface area (Å²) >= 11 is 0. The summed E-state index contributed by atoms with van der Waals surface area (Å²) in [5, 5.41) is 9.06. The molecule has 0 radical (unpaired) electrons. The number of primary amides is 1. The fourth-order valence-corrected chi connectivity index (χ4v) is 9.04. The van der Waals surface area contributed by atoms with Gasteiger partial charge in [-0.05, 0) is 73.2 Å². The summed E-state index contributed by atoms with van der Waals surface area (Å²) < 4.78 is 13.8. The molecule has 49 heavy (non-hydrogen) atoms. The first-order valence-corrected chi connectivity index (χ1v) is 19.8. The molecule has 1 aliphatic heterocycles. The van der Waals surface area contributed by atoms with Gasteiger partial charge in [0.05, 0.1) is 17.0 Å². The van der Waals surface area contributed by atoms with E-state index in [1.165, 1.54) is 0 Å². The maximum atomic E-state index is 15.0. The molecule has 278 valence electrons. The molecule has 0 spiro atoms. The van der Waals surface area contributed by atoms with Gasteiger partial charge in [-0.15, -0.1) is 0 Å².